The van der Waals surface area contributed by atoms with E-state index in [1.807, 2.05) is 0 Å². The van der Waals surface area contributed by atoms with Crippen LogP contribution in [0.25, 0.3) is 0 Å². The van der Waals surface area contributed by atoms with E-state index in [4.69, 9.17) is 16.7 Å². The lowest BCUT2D eigenvalue weighted by molar-refractivity contribution is 0.0702. The molecule has 2 aliphatic rings. The van der Waals surface area contributed by atoms with Crippen LogP contribution in [0.1, 0.15) is 35.4 Å². The summed E-state index contributed by atoms with van der Waals surface area (Å²) in [7, 11) is 0. The molecule has 1 N–H and O–H groups in total. The Morgan fingerprint density at radius 1 is 1.29 bits per heavy atom. The number of hydrogen-bond donors (Lipinski definition) is 1. The Kier molecular flexibility index (Phi) is 4.66. The molecule has 0 unspecified atom stereocenters. The molecule has 3 heterocycles. The number of thiazole rings is 1. The van der Waals surface area contributed by atoms with Crippen LogP contribution in [0, 0.1) is 5.92 Å². The lowest BCUT2D eigenvalue weighted by atomic mass is 9.96. The van der Waals surface area contributed by atoms with Crippen molar-refractivity contribution < 1.29 is 9.90 Å². The van der Waals surface area contributed by atoms with E-state index in [0.29, 0.717) is 0 Å². The largest absolute Gasteiger partial charge is 0.477 e. The summed E-state index contributed by atoms with van der Waals surface area (Å²) in [5.41, 5.74) is 0. The lowest BCUT2D eigenvalue weighted by Crippen LogP contribution is -2.38. The van der Waals surface area contributed by atoms with Gasteiger partial charge < -0.3 is 14.9 Å². The number of carbonyl (C=O) groups is 1. The summed E-state index contributed by atoms with van der Waals surface area (Å²) in [5.74, 6) is -0.235. The van der Waals surface area contributed by atoms with E-state index in [1.165, 1.54) is 43.8 Å². The van der Waals surface area contributed by atoms with Crippen LogP contribution in [-0.4, -0.2) is 53.7 Å². The average molecular weight is 330 g/mol. The molecule has 0 aliphatic carbocycles. The first kappa shape index (κ1) is 15.1. The lowest BCUT2D eigenvalue weighted by Gasteiger charge is -2.33. The monoisotopic (exact) mass is 329 g/mol. The van der Waals surface area contributed by atoms with Crippen molar-refractivity contribution in [2.24, 2.45) is 5.92 Å². The van der Waals surface area contributed by atoms with Crippen LogP contribution >= 0.6 is 22.9 Å². The molecule has 0 atom stereocenters. The molecule has 0 saturated carbocycles. The van der Waals surface area contributed by atoms with Crippen LogP contribution in [0.3, 0.4) is 0 Å². The number of hydrogen-bond acceptors (Lipinski definition) is 5. The van der Waals surface area contributed by atoms with Crippen LogP contribution in [0.5, 0.6) is 0 Å². The predicted molar refractivity (Wildman–Crippen MR) is 84.7 cm³/mol. The Morgan fingerprint density at radius 3 is 2.52 bits per heavy atom. The second-order valence-corrected chi connectivity index (χ2v) is 7.20. The number of aromatic nitrogens is 1. The Labute approximate surface area is 133 Å². The molecule has 0 aromatic carbocycles. The molecule has 2 fully saturated rings. The standard InChI is InChI=1S/C14H20ClN3O2S/c15-12-11(13(19)20)21-14(16-12)18-7-3-10(4-8-18)9-17-5-1-2-6-17/h10H,1-9H2,(H,19,20). The van der Waals surface area contributed by atoms with Gasteiger partial charge in [0.25, 0.3) is 0 Å². The fraction of sp³-hybridized carbons (Fsp3) is 0.714. The second kappa shape index (κ2) is 6.50. The smallest absolute Gasteiger partial charge is 0.349 e. The third-order valence-electron chi connectivity index (χ3n) is 4.37. The van der Waals surface area contributed by atoms with Crippen LogP contribution in [-0.2, 0) is 0 Å². The van der Waals surface area contributed by atoms with Crippen molar-refractivity contribution in [3.05, 3.63) is 10.0 Å². The number of carboxylic acid groups (broad SMARTS) is 1. The summed E-state index contributed by atoms with van der Waals surface area (Å²) in [6.07, 6.45) is 4.98. The van der Waals surface area contributed by atoms with E-state index < -0.39 is 5.97 Å². The van der Waals surface area contributed by atoms with E-state index in [-0.39, 0.29) is 10.0 Å². The van der Waals surface area contributed by atoms with Gasteiger partial charge in [-0.05, 0) is 44.7 Å². The van der Waals surface area contributed by atoms with Gasteiger partial charge in [0.05, 0.1) is 0 Å². The zero-order valence-corrected chi connectivity index (χ0v) is 13.5. The number of anilines is 1. The third-order valence-corrected chi connectivity index (χ3v) is 5.86. The highest BCUT2D eigenvalue weighted by Gasteiger charge is 2.26. The van der Waals surface area contributed by atoms with Crippen molar-refractivity contribution in [2.75, 3.05) is 37.6 Å². The Morgan fingerprint density at radius 2 is 1.95 bits per heavy atom. The van der Waals surface area contributed by atoms with Crippen molar-refractivity contribution in [1.29, 1.82) is 0 Å². The van der Waals surface area contributed by atoms with Gasteiger partial charge >= 0.3 is 5.97 Å². The maximum absolute atomic E-state index is 11.0. The molecule has 116 valence electrons. The van der Waals surface area contributed by atoms with Crippen LogP contribution in [0.4, 0.5) is 5.13 Å². The van der Waals surface area contributed by atoms with Crippen molar-refractivity contribution in [2.45, 2.75) is 25.7 Å². The topological polar surface area (TPSA) is 56.7 Å². The Balaban J connectivity index is 1.55. The molecule has 0 radical (unpaired) electrons. The van der Waals surface area contributed by atoms with E-state index in [9.17, 15) is 4.79 Å². The summed E-state index contributed by atoms with van der Waals surface area (Å²) < 4.78 is 0. The average Bonchev–Trinajstić information content (AvgIpc) is 3.09. The second-order valence-electron chi connectivity index (χ2n) is 5.86. The summed E-state index contributed by atoms with van der Waals surface area (Å²) in [6, 6.07) is 0. The minimum atomic E-state index is -0.993. The first-order chi connectivity index (χ1) is 10.1. The Hall–Kier alpha value is -0.850. The number of halogens is 1. The summed E-state index contributed by atoms with van der Waals surface area (Å²) in [5, 5.41) is 9.90. The van der Waals surface area contributed by atoms with Crippen molar-refractivity contribution in [3.63, 3.8) is 0 Å². The van der Waals surface area contributed by atoms with Crippen LogP contribution < -0.4 is 4.90 Å². The fourth-order valence-corrected chi connectivity index (χ4v) is 4.37. The minimum Gasteiger partial charge on any atom is -0.477 e. The van der Waals surface area contributed by atoms with Crippen molar-refractivity contribution in [1.82, 2.24) is 9.88 Å². The zero-order valence-electron chi connectivity index (χ0n) is 11.9. The predicted octanol–water partition coefficient (Wildman–Crippen LogP) is 2.81. The van der Waals surface area contributed by atoms with Crippen molar-refractivity contribution >= 4 is 34.0 Å². The normalized spacial score (nSPS) is 21.1. The highest BCUT2D eigenvalue weighted by atomic mass is 35.5. The summed E-state index contributed by atoms with van der Waals surface area (Å²) in [4.78, 5) is 20.1. The van der Waals surface area contributed by atoms with Gasteiger partial charge in [0.2, 0.25) is 0 Å². The molecule has 7 heteroatoms. The van der Waals surface area contributed by atoms with Gasteiger partial charge in [0, 0.05) is 19.6 Å². The van der Waals surface area contributed by atoms with E-state index in [0.717, 1.165) is 37.0 Å². The number of aromatic carboxylic acids is 1. The quantitative estimate of drug-likeness (QED) is 0.920. The molecule has 21 heavy (non-hydrogen) atoms. The highest BCUT2D eigenvalue weighted by Crippen LogP contribution is 2.32. The third kappa shape index (κ3) is 3.49. The molecule has 0 amide bonds. The fourth-order valence-electron chi connectivity index (χ4n) is 3.20. The highest BCUT2D eigenvalue weighted by molar-refractivity contribution is 7.18. The molecule has 1 aromatic rings. The molecule has 5 nitrogen and oxygen atoms in total. The minimum absolute atomic E-state index is 0.113. The maximum Gasteiger partial charge on any atom is 0.349 e. The molecule has 1 aromatic heterocycles. The maximum atomic E-state index is 11.0. The summed E-state index contributed by atoms with van der Waals surface area (Å²) >= 11 is 7.07. The number of piperidine rings is 1. The van der Waals surface area contributed by atoms with E-state index >= 15 is 0 Å². The van der Waals surface area contributed by atoms with Gasteiger partial charge in [-0.25, -0.2) is 9.78 Å². The molecule has 3 rings (SSSR count). The van der Waals surface area contributed by atoms with Gasteiger partial charge in [-0.3, -0.25) is 0 Å². The molecule has 0 bridgehead atoms. The van der Waals surface area contributed by atoms with Gasteiger partial charge in [0.15, 0.2) is 15.2 Å². The van der Waals surface area contributed by atoms with Gasteiger partial charge in [-0.1, -0.05) is 22.9 Å². The van der Waals surface area contributed by atoms with Gasteiger partial charge in [-0.2, -0.15) is 0 Å². The number of carboxylic acids is 1. The number of rotatable bonds is 4. The number of nitrogens with zero attached hydrogens (tertiary/aromatic N) is 3. The van der Waals surface area contributed by atoms with Gasteiger partial charge in [-0.15, -0.1) is 0 Å². The molecular formula is C14H20ClN3O2S. The summed E-state index contributed by atoms with van der Waals surface area (Å²) in [6.45, 7) is 5.62. The van der Waals surface area contributed by atoms with E-state index in [1.54, 1.807) is 0 Å². The van der Waals surface area contributed by atoms with Crippen LogP contribution in [0.2, 0.25) is 5.15 Å². The SMILES string of the molecule is O=C(O)c1sc(N2CCC(CN3CCCC3)CC2)nc1Cl. The first-order valence-corrected chi connectivity index (χ1v) is 8.70. The molecule has 2 saturated heterocycles. The Bertz CT molecular complexity index is 508. The van der Waals surface area contributed by atoms with Crippen molar-refractivity contribution in [3.8, 4) is 0 Å². The number of likely N-dealkylation sites (tertiary alicyclic amines) is 1. The molecular weight excluding hydrogens is 310 g/mol. The zero-order chi connectivity index (χ0) is 14.8. The first-order valence-electron chi connectivity index (χ1n) is 7.50. The molecule has 0 spiro atoms. The van der Waals surface area contributed by atoms with E-state index in [2.05, 4.69) is 14.8 Å². The van der Waals surface area contributed by atoms with Crippen LogP contribution in [0.15, 0.2) is 0 Å². The molecule has 2 aliphatic heterocycles. The van der Waals surface area contributed by atoms with Gasteiger partial charge in [0.1, 0.15) is 0 Å².